The topological polar surface area (TPSA) is 55.1 Å². The molecule has 3 rings (SSSR count). The fraction of sp³-hybridized carbons (Fsp3) is 0.611. The molecule has 3 N–H and O–H groups in total. The standard InChI is InChI=1S/C18H26N2O.ClH/c19-12-14-8-4-10-16(14)18(21)20-17-11-5-9-15(17)13-6-2-1-3-7-13;/h1-3,6-7,14-17H,4-5,8-12,19H2,(H,20,21);1H/t14-,15?,16-,17?;/m1./s1. The molecule has 4 atom stereocenters. The van der Waals surface area contributed by atoms with Crippen molar-refractivity contribution < 1.29 is 4.79 Å². The molecule has 2 fully saturated rings. The minimum atomic E-state index is 0. The minimum absolute atomic E-state index is 0. The van der Waals surface area contributed by atoms with E-state index in [-0.39, 0.29) is 24.2 Å². The van der Waals surface area contributed by atoms with Crippen LogP contribution in [0.1, 0.15) is 50.0 Å². The maximum absolute atomic E-state index is 12.6. The van der Waals surface area contributed by atoms with Gasteiger partial charge in [0.2, 0.25) is 5.91 Å². The molecule has 0 aliphatic heterocycles. The van der Waals surface area contributed by atoms with E-state index in [2.05, 4.69) is 35.6 Å². The predicted molar refractivity (Wildman–Crippen MR) is 92.1 cm³/mol. The molecule has 2 unspecified atom stereocenters. The molecule has 3 nitrogen and oxygen atoms in total. The van der Waals surface area contributed by atoms with Gasteiger partial charge in [-0.1, -0.05) is 43.2 Å². The van der Waals surface area contributed by atoms with Crippen molar-refractivity contribution in [3.05, 3.63) is 35.9 Å². The Morgan fingerprint density at radius 2 is 1.82 bits per heavy atom. The lowest BCUT2D eigenvalue weighted by molar-refractivity contribution is -0.126. The molecule has 0 saturated heterocycles. The fourth-order valence-corrected chi connectivity index (χ4v) is 4.19. The van der Waals surface area contributed by atoms with Crippen LogP contribution in [0.4, 0.5) is 0 Å². The van der Waals surface area contributed by atoms with Gasteiger partial charge in [-0.2, -0.15) is 0 Å². The van der Waals surface area contributed by atoms with Crippen molar-refractivity contribution in [2.45, 2.75) is 50.5 Å². The van der Waals surface area contributed by atoms with Crippen LogP contribution in [0.15, 0.2) is 30.3 Å². The van der Waals surface area contributed by atoms with Crippen LogP contribution in [-0.4, -0.2) is 18.5 Å². The number of nitrogens with one attached hydrogen (secondary N) is 1. The summed E-state index contributed by atoms with van der Waals surface area (Å²) in [7, 11) is 0. The van der Waals surface area contributed by atoms with Gasteiger partial charge in [-0.25, -0.2) is 0 Å². The maximum Gasteiger partial charge on any atom is 0.223 e. The van der Waals surface area contributed by atoms with E-state index >= 15 is 0 Å². The van der Waals surface area contributed by atoms with Gasteiger partial charge in [0.1, 0.15) is 0 Å². The molecular weight excluding hydrogens is 296 g/mol. The Morgan fingerprint density at radius 3 is 2.55 bits per heavy atom. The Bertz CT molecular complexity index is 479. The zero-order valence-electron chi connectivity index (χ0n) is 13.0. The van der Waals surface area contributed by atoms with Crippen LogP contribution in [0.2, 0.25) is 0 Å². The summed E-state index contributed by atoms with van der Waals surface area (Å²) in [4.78, 5) is 12.6. The molecule has 1 aromatic rings. The first-order valence-electron chi connectivity index (χ1n) is 8.35. The summed E-state index contributed by atoms with van der Waals surface area (Å²) in [6.45, 7) is 0.644. The molecule has 2 aliphatic rings. The summed E-state index contributed by atoms with van der Waals surface area (Å²) in [5.74, 6) is 1.26. The highest BCUT2D eigenvalue weighted by molar-refractivity contribution is 5.85. The predicted octanol–water partition coefficient (Wildman–Crippen LogP) is 3.24. The molecule has 0 aromatic heterocycles. The number of rotatable bonds is 4. The van der Waals surface area contributed by atoms with E-state index in [1.54, 1.807) is 0 Å². The average Bonchev–Trinajstić information content (AvgIpc) is 3.16. The zero-order chi connectivity index (χ0) is 14.7. The number of carbonyl (C=O) groups is 1. The smallest absolute Gasteiger partial charge is 0.223 e. The second kappa shape index (κ2) is 7.98. The van der Waals surface area contributed by atoms with Gasteiger partial charge in [-0.3, -0.25) is 4.79 Å². The molecule has 0 bridgehead atoms. The summed E-state index contributed by atoms with van der Waals surface area (Å²) >= 11 is 0. The van der Waals surface area contributed by atoms with Crippen LogP contribution in [0.25, 0.3) is 0 Å². The third-order valence-corrected chi connectivity index (χ3v) is 5.37. The van der Waals surface area contributed by atoms with Gasteiger partial charge >= 0.3 is 0 Å². The monoisotopic (exact) mass is 322 g/mol. The van der Waals surface area contributed by atoms with Crippen molar-refractivity contribution in [2.24, 2.45) is 17.6 Å². The number of carbonyl (C=O) groups excluding carboxylic acids is 1. The normalized spacial score (nSPS) is 30.8. The van der Waals surface area contributed by atoms with E-state index in [0.717, 1.165) is 25.7 Å². The Hall–Kier alpha value is -1.06. The lowest BCUT2D eigenvalue weighted by Crippen LogP contribution is -2.42. The Balaban J connectivity index is 0.00000176. The molecule has 0 spiro atoms. The van der Waals surface area contributed by atoms with E-state index < -0.39 is 0 Å². The fourth-order valence-electron chi connectivity index (χ4n) is 4.19. The first-order valence-corrected chi connectivity index (χ1v) is 8.35. The van der Waals surface area contributed by atoms with Gasteiger partial charge in [0.05, 0.1) is 0 Å². The maximum atomic E-state index is 12.6. The summed E-state index contributed by atoms with van der Waals surface area (Å²) in [5.41, 5.74) is 7.17. The quantitative estimate of drug-likeness (QED) is 0.894. The van der Waals surface area contributed by atoms with Gasteiger partial charge < -0.3 is 11.1 Å². The lowest BCUT2D eigenvalue weighted by atomic mass is 9.91. The van der Waals surface area contributed by atoms with E-state index in [1.165, 1.54) is 18.4 Å². The summed E-state index contributed by atoms with van der Waals surface area (Å²) in [5, 5.41) is 3.34. The number of amides is 1. The van der Waals surface area contributed by atoms with Crippen LogP contribution in [-0.2, 0) is 4.79 Å². The second-order valence-electron chi connectivity index (χ2n) is 6.60. The Kier molecular flexibility index (Phi) is 6.27. The highest BCUT2D eigenvalue weighted by Gasteiger charge is 2.35. The molecule has 122 valence electrons. The SMILES string of the molecule is Cl.NC[C@H]1CCC[C@H]1C(=O)NC1CCCC1c1ccccc1. The van der Waals surface area contributed by atoms with Gasteiger partial charge in [0.15, 0.2) is 0 Å². The number of halogens is 1. The molecule has 1 amide bonds. The van der Waals surface area contributed by atoms with Gasteiger partial charge in [0.25, 0.3) is 0 Å². The number of nitrogens with two attached hydrogens (primary N) is 1. The number of benzene rings is 1. The van der Waals surface area contributed by atoms with Crippen LogP contribution in [0.5, 0.6) is 0 Å². The lowest BCUT2D eigenvalue weighted by Gasteiger charge is -2.25. The third-order valence-electron chi connectivity index (χ3n) is 5.37. The second-order valence-corrected chi connectivity index (χ2v) is 6.60. The van der Waals surface area contributed by atoms with Crippen molar-refractivity contribution in [1.29, 1.82) is 0 Å². The third kappa shape index (κ3) is 3.64. The van der Waals surface area contributed by atoms with Crippen molar-refractivity contribution in [2.75, 3.05) is 6.54 Å². The minimum Gasteiger partial charge on any atom is -0.353 e. The first kappa shape index (κ1) is 17.3. The van der Waals surface area contributed by atoms with Crippen LogP contribution >= 0.6 is 12.4 Å². The first-order chi connectivity index (χ1) is 10.3. The highest BCUT2D eigenvalue weighted by atomic mass is 35.5. The van der Waals surface area contributed by atoms with Gasteiger partial charge in [-0.05, 0) is 43.7 Å². The van der Waals surface area contributed by atoms with Crippen molar-refractivity contribution >= 4 is 18.3 Å². The van der Waals surface area contributed by atoms with Gasteiger partial charge in [0, 0.05) is 17.9 Å². The molecule has 1 aromatic carbocycles. The molecule has 22 heavy (non-hydrogen) atoms. The molecule has 0 heterocycles. The van der Waals surface area contributed by atoms with Crippen molar-refractivity contribution in [1.82, 2.24) is 5.32 Å². The highest BCUT2D eigenvalue weighted by Crippen LogP contribution is 2.36. The van der Waals surface area contributed by atoms with Crippen molar-refractivity contribution in [3.8, 4) is 0 Å². The van der Waals surface area contributed by atoms with Crippen LogP contribution in [0.3, 0.4) is 0 Å². The number of hydrogen-bond donors (Lipinski definition) is 2. The number of hydrogen-bond acceptors (Lipinski definition) is 2. The van der Waals surface area contributed by atoms with Crippen molar-refractivity contribution in [3.63, 3.8) is 0 Å². The summed E-state index contributed by atoms with van der Waals surface area (Å²) in [6.07, 6.45) is 6.76. The zero-order valence-corrected chi connectivity index (χ0v) is 13.9. The van der Waals surface area contributed by atoms with Crippen LogP contribution < -0.4 is 11.1 Å². The summed E-state index contributed by atoms with van der Waals surface area (Å²) in [6, 6.07) is 10.9. The average molecular weight is 323 g/mol. The summed E-state index contributed by atoms with van der Waals surface area (Å²) < 4.78 is 0. The molecule has 0 radical (unpaired) electrons. The van der Waals surface area contributed by atoms with Gasteiger partial charge in [-0.15, -0.1) is 12.4 Å². The largest absolute Gasteiger partial charge is 0.353 e. The Labute approximate surface area is 139 Å². The van der Waals surface area contributed by atoms with Crippen LogP contribution in [0, 0.1) is 11.8 Å². The van der Waals surface area contributed by atoms with E-state index in [9.17, 15) is 4.79 Å². The molecular formula is C18H27ClN2O. The molecule has 4 heteroatoms. The molecule has 2 saturated carbocycles. The van der Waals surface area contributed by atoms with E-state index in [1.807, 2.05) is 0 Å². The van der Waals surface area contributed by atoms with E-state index in [0.29, 0.717) is 24.4 Å². The molecule has 2 aliphatic carbocycles. The van der Waals surface area contributed by atoms with E-state index in [4.69, 9.17) is 5.73 Å². The Morgan fingerprint density at radius 1 is 1.09 bits per heavy atom.